The molecular weight excluding hydrogens is 439 g/mol. The second-order valence-electron chi connectivity index (χ2n) is 6.81. The first-order valence-corrected chi connectivity index (χ1v) is 11.0. The van der Waals surface area contributed by atoms with Crippen LogP contribution in [0.15, 0.2) is 66.7 Å². The van der Waals surface area contributed by atoms with Crippen LogP contribution >= 0.6 is 35.1 Å². The molecule has 4 nitrogen and oxygen atoms in total. The van der Waals surface area contributed by atoms with E-state index in [1.165, 1.54) is 11.9 Å². The number of anilines is 1. The van der Waals surface area contributed by atoms with Crippen LogP contribution in [0.25, 0.3) is 22.2 Å². The van der Waals surface area contributed by atoms with Crippen molar-refractivity contribution in [2.45, 2.75) is 12.2 Å². The van der Waals surface area contributed by atoms with E-state index in [9.17, 15) is 9.90 Å². The molecule has 0 amide bonds. The van der Waals surface area contributed by atoms with E-state index in [2.05, 4.69) is 9.71 Å². The Morgan fingerprint density at radius 3 is 2.67 bits per heavy atom. The van der Waals surface area contributed by atoms with Gasteiger partial charge in [-0.2, -0.15) is 0 Å². The Bertz CT molecular complexity index is 1220. The molecule has 3 aromatic carbocycles. The van der Waals surface area contributed by atoms with Crippen molar-refractivity contribution in [3.8, 4) is 11.3 Å². The van der Waals surface area contributed by atoms with Gasteiger partial charge in [0.05, 0.1) is 22.8 Å². The summed E-state index contributed by atoms with van der Waals surface area (Å²) in [4.78, 5) is 14.8. The van der Waals surface area contributed by atoms with Crippen LogP contribution in [0.5, 0.6) is 0 Å². The lowest BCUT2D eigenvalue weighted by molar-refractivity contribution is -0.136. The van der Waals surface area contributed by atoms with Crippen LogP contribution in [-0.2, 0) is 17.0 Å². The molecule has 0 aliphatic carbocycles. The Hall–Kier alpha value is -2.60. The topological polar surface area (TPSA) is 65.1 Å². The maximum atomic E-state index is 11.5. The molecule has 0 radical (unpaired) electrons. The maximum absolute atomic E-state index is 11.5. The second kappa shape index (κ2) is 9.04. The molecule has 30 heavy (non-hydrogen) atoms. The number of rotatable bonds is 7. The summed E-state index contributed by atoms with van der Waals surface area (Å²) in [6.45, 7) is 0. The van der Waals surface area contributed by atoms with Gasteiger partial charge in [-0.3, -0.25) is 4.79 Å². The molecule has 0 saturated heterocycles. The summed E-state index contributed by atoms with van der Waals surface area (Å²) in [6, 6.07) is 21.1. The summed E-state index contributed by atoms with van der Waals surface area (Å²) < 4.78 is 3.30. The first-order valence-electron chi connectivity index (χ1n) is 9.25. The molecule has 0 atom stereocenters. The van der Waals surface area contributed by atoms with Crippen LogP contribution in [-0.4, -0.2) is 16.1 Å². The van der Waals surface area contributed by atoms with Crippen molar-refractivity contribution in [1.29, 1.82) is 0 Å². The third kappa shape index (κ3) is 4.59. The average Bonchev–Trinajstić information content (AvgIpc) is 3.07. The van der Waals surface area contributed by atoms with E-state index in [1.807, 2.05) is 66.7 Å². The summed E-state index contributed by atoms with van der Waals surface area (Å²) in [6.07, 6.45) is -0.0613. The molecular formula is C23H18Cl2N2O2S. The van der Waals surface area contributed by atoms with Gasteiger partial charge in [0.2, 0.25) is 0 Å². The lowest BCUT2D eigenvalue weighted by Gasteiger charge is -2.11. The zero-order chi connectivity index (χ0) is 21.1. The fraction of sp³-hybridized carbons (Fsp3) is 0.0870. The zero-order valence-corrected chi connectivity index (χ0v) is 18.1. The number of para-hydroxylation sites is 1. The number of benzene rings is 3. The van der Waals surface area contributed by atoms with E-state index < -0.39 is 5.97 Å². The minimum atomic E-state index is -0.870. The van der Waals surface area contributed by atoms with Crippen LogP contribution in [0.3, 0.4) is 0 Å². The zero-order valence-electron chi connectivity index (χ0n) is 15.8. The molecule has 0 fully saturated rings. The number of aliphatic carboxylic acids is 1. The van der Waals surface area contributed by atoms with Gasteiger partial charge in [0.15, 0.2) is 0 Å². The molecule has 0 aliphatic rings. The molecule has 152 valence electrons. The molecule has 0 saturated carbocycles. The molecule has 4 aromatic rings. The monoisotopic (exact) mass is 456 g/mol. The standard InChI is InChI=1S/C23H18Cl2N2O2S/c24-16-5-3-4-14(10-16)13-30-27-21-11-15(8-9-19(21)25)23-18(12-22(28)29)17-6-1-2-7-20(17)26-23/h1-11,26-27H,12-13H2,(H,28,29). The number of hydrogen-bond donors (Lipinski definition) is 3. The van der Waals surface area contributed by atoms with Gasteiger partial charge in [-0.05, 0) is 53.4 Å². The highest BCUT2D eigenvalue weighted by Crippen LogP contribution is 2.35. The van der Waals surface area contributed by atoms with Crippen molar-refractivity contribution in [3.05, 3.63) is 87.9 Å². The van der Waals surface area contributed by atoms with Gasteiger partial charge >= 0.3 is 5.97 Å². The van der Waals surface area contributed by atoms with Crippen LogP contribution in [0.1, 0.15) is 11.1 Å². The number of H-pyrrole nitrogens is 1. The molecule has 3 N–H and O–H groups in total. The van der Waals surface area contributed by atoms with Crippen molar-refractivity contribution in [1.82, 2.24) is 4.98 Å². The quantitative estimate of drug-likeness (QED) is 0.261. The summed E-state index contributed by atoms with van der Waals surface area (Å²) in [5, 5.41) is 11.6. The minimum absolute atomic E-state index is 0.0613. The summed E-state index contributed by atoms with van der Waals surface area (Å²) in [7, 11) is 0. The number of carboxylic acids is 1. The van der Waals surface area contributed by atoms with Crippen LogP contribution < -0.4 is 4.72 Å². The fourth-order valence-corrected chi connectivity index (χ4v) is 4.54. The molecule has 0 bridgehead atoms. The third-order valence-electron chi connectivity index (χ3n) is 4.71. The van der Waals surface area contributed by atoms with E-state index in [-0.39, 0.29) is 6.42 Å². The Labute approximate surface area is 188 Å². The lowest BCUT2D eigenvalue weighted by atomic mass is 10.0. The number of fused-ring (bicyclic) bond motifs is 1. The highest BCUT2D eigenvalue weighted by Gasteiger charge is 2.16. The summed E-state index contributed by atoms with van der Waals surface area (Å²) in [5.41, 5.74) is 5.20. The third-order valence-corrected chi connectivity index (χ3v) is 6.11. The van der Waals surface area contributed by atoms with E-state index in [0.29, 0.717) is 10.0 Å². The number of hydrogen-bond acceptors (Lipinski definition) is 3. The number of halogens is 2. The van der Waals surface area contributed by atoms with E-state index in [4.69, 9.17) is 23.2 Å². The number of carboxylic acid groups (broad SMARTS) is 1. The molecule has 0 spiro atoms. The molecule has 4 rings (SSSR count). The summed E-state index contributed by atoms with van der Waals surface area (Å²) in [5.74, 6) is -0.150. The second-order valence-corrected chi connectivity index (χ2v) is 8.44. The Balaban J connectivity index is 1.62. The molecule has 1 heterocycles. The van der Waals surface area contributed by atoms with E-state index in [1.54, 1.807) is 0 Å². The predicted octanol–water partition coefficient (Wildman–Crippen LogP) is 7.03. The Morgan fingerprint density at radius 2 is 1.87 bits per heavy atom. The van der Waals surface area contributed by atoms with Gasteiger partial charge in [-0.25, -0.2) is 0 Å². The largest absolute Gasteiger partial charge is 0.481 e. The van der Waals surface area contributed by atoms with Gasteiger partial charge in [0.1, 0.15) is 0 Å². The molecule has 0 aliphatic heterocycles. The molecule has 0 unspecified atom stereocenters. The van der Waals surface area contributed by atoms with Crippen molar-refractivity contribution in [2.24, 2.45) is 0 Å². The number of aromatic nitrogens is 1. The van der Waals surface area contributed by atoms with Gasteiger partial charge in [-0.1, -0.05) is 59.6 Å². The van der Waals surface area contributed by atoms with Gasteiger partial charge < -0.3 is 14.8 Å². The highest BCUT2D eigenvalue weighted by atomic mass is 35.5. The first-order chi connectivity index (χ1) is 14.5. The lowest BCUT2D eigenvalue weighted by Crippen LogP contribution is -2.01. The molecule has 7 heteroatoms. The van der Waals surface area contributed by atoms with Gasteiger partial charge in [0, 0.05) is 27.2 Å². The van der Waals surface area contributed by atoms with Crippen LogP contribution in [0.2, 0.25) is 10.0 Å². The van der Waals surface area contributed by atoms with E-state index >= 15 is 0 Å². The fourth-order valence-electron chi connectivity index (χ4n) is 3.36. The van der Waals surface area contributed by atoms with Crippen molar-refractivity contribution in [2.75, 3.05) is 4.72 Å². The first kappa shape index (κ1) is 20.7. The van der Waals surface area contributed by atoms with Crippen molar-refractivity contribution in [3.63, 3.8) is 0 Å². The smallest absolute Gasteiger partial charge is 0.307 e. The van der Waals surface area contributed by atoms with Crippen LogP contribution in [0.4, 0.5) is 5.69 Å². The number of nitrogens with one attached hydrogen (secondary N) is 2. The number of carbonyl (C=O) groups is 1. The van der Waals surface area contributed by atoms with Gasteiger partial charge in [-0.15, -0.1) is 0 Å². The molecule has 1 aromatic heterocycles. The minimum Gasteiger partial charge on any atom is -0.481 e. The maximum Gasteiger partial charge on any atom is 0.307 e. The van der Waals surface area contributed by atoms with Crippen molar-refractivity contribution < 1.29 is 9.90 Å². The number of aromatic amines is 1. The SMILES string of the molecule is O=C(O)Cc1c(-c2ccc(Cl)c(NSCc3cccc(Cl)c3)c2)[nH]c2ccccc12. The van der Waals surface area contributed by atoms with E-state index in [0.717, 1.165) is 44.7 Å². The summed E-state index contributed by atoms with van der Waals surface area (Å²) >= 11 is 13.9. The van der Waals surface area contributed by atoms with Crippen molar-refractivity contribution >= 4 is 57.7 Å². The van der Waals surface area contributed by atoms with Gasteiger partial charge in [0.25, 0.3) is 0 Å². The Morgan fingerprint density at radius 1 is 1.03 bits per heavy atom. The highest BCUT2D eigenvalue weighted by molar-refractivity contribution is 7.99. The normalized spacial score (nSPS) is 11.0. The average molecular weight is 457 g/mol. The Kier molecular flexibility index (Phi) is 6.23. The van der Waals surface area contributed by atoms with Crippen LogP contribution in [0, 0.1) is 0 Å². The predicted molar refractivity (Wildman–Crippen MR) is 126 cm³/mol.